The molecule has 0 amide bonds. The summed E-state index contributed by atoms with van der Waals surface area (Å²) in [6.07, 6.45) is 6.18. The quantitative estimate of drug-likeness (QED) is 0.537. The van der Waals surface area contributed by atoms with Gasteiger partial charge in [0.2, 0.25) is 5.88 Å². The summed E-state index contributed by atoms with van der Waals surface area (Å²) >= 11 is 0. The molecule has 1 spiro atoms. The number of nitrogens with one attached hydrogen (secondary N) is 2. The van der Waals surface area contributed by atoms with Crippen LogP contribution in [0, 0.1) is 11.3 Å². The average Bonchev–Trinajstić information content (AvgIpc) is 3.30. The van der Waals surface area contributed by atoms with Crippen molar-refractivity contribution < 1.29 is 4.74 Å². The Morgan fingerprint density at radius 1 is 1.03 bits per heavy atom. The van der Waals surface area contributed by atoms with E-state index in [0.29, 0.717) is 17.9 Å². The second kappa shape index (κ2) is 8.05. The maximum Gasteiger partial charge on any atom is 0.219 e. The average molecular weight is 455 g/mol. The molecular formula is C27H30N6O. The molecule has 0 radical (unpaired) electrons. The van der Waals surface area contributed by atoms with Crippen molar-refractivity contribution in [3.63, 3.8) is 0 Å². The van der Waals surface area contributed by atoms with Crippen LogP contribution in [0.3, 0.4) is 0 Å². The molecule has 0 unspecified atom stereocenters. The Labute approximate surface area is 200 Å². The van der Waals surface area contributed by atoms with Gasteiger partial charge in [-0.05, 0) is 45.1 Å². The molecule has 1 aliphatic carbocycles. The molecule has 4 heterocycles. The van der Waals surface area contributed by atoms with Crippen LogP contribution in [-0.2, 0) is 6.42 Å². The van der Waals surface area contributed by atoms with Gasteiger partial charge < -0.3 is 20.3 Å². The van der Waals surface area contributed by atoms with Crippen LogP contribution in [0.4, 0.5) is 17.5 Å². The molecule has 2 aromatic heterocycles. The van der Waals surface area contributed by atoms with Crippen molar-refractivity contribution in [2.45, 2.75) is 64.1 Å². The van der Waals surface area contributed by atoms with Crippen molar-refractivity contribution in [3.8, 4) is 11.9 Å². The molecular weight excluding hydrogens is 424 g/mol. The predicted molar refractivity (Wildman–Crippen MR) is 134 cm³/mol. The van der Waals surface area contributed by atoms with E-state index in [2.05, 4.69) is 47.6 Å². The monoisotopic (exact) mass is 454 g/mol. The molecule has 7 heteroatoms. The maximum atomic E-state index is 10.4. The third kappa shape index (κ3) is 3.16. The van der Waals surface area contributed by atoms with Crippen molar-refractivity contribution in [2.24, 2.45) is 0 Å². The predicted octanol–water partition coefficient (Wildman–Crippen LogP) is 5.52. The van der Waals surface area contributed by atoms with Gasteiger partial charge in [-0.3, -0.25) is 0 Å². The first-order valence-electron chi connectivity index (χ1n) is 12.5. The van der Waals surface area contributed by atoms with Gasteiger partial charge in [-0.2, -0.15) is 10.2 Å². The van der Waals surface area contributed by atoms with E-state index in [1.807, 2.05) is 18.2 Å². The van der Waals surface area contributed by atoms with E-state index in [1.165, 1.54) is 6.42 Å². The van der Waals surface area contributed by atoms with Crippen molar-refractivity contribution in [1.82, 2.24) is 9.97 Å². The Morgan fingerprint density at radius 3 is 2.41 bits per heavy atom. The van der Waals surface area contributed by atoms with Crippen LogP contribution in [0.15, 0.2) is 30.3 Å². The lowest BCUT2D eigenvalue weighted by molar-refractivity contribution is 0.231. The molecule has 0 saturated heterocycles. The molecule has 34 heavy (non-hydrogen) atoms. The smallest absolute Gasteiger partial charge is 0.219 e. The van der Waals surface area contributed by atoms with Crippen LogP contribution < -0.4 is 20.3 Å². The fraction of sp³-hybridized carbons (Fsp3) is 0.444. The number of ether oxygens (including phenoxy) is 1. The van der Waals surface area contributed by atoms with Gasteiger partial charge in [-0.25, -0.2) is 4.98 Å². The normalized spacial score (nSPS) is 19.6. The standard InChI is InChI=1S/C27H30N6O/c1-3-33(4-2)25-19(16-28)21-18-15-20(17-11-7-5-8-12-17)34-26(18)30-24-22(21)23(29-25)31-27(32-24)13-9-6-10-14-27/h5,7-8,11-12,20H,3-4,6,9-10,13-15H2,1-2H3,(H,29,31)(H,30,32)/t20-/m1/s1. The number of nitrogens with zero attached hydrogens (tertiary/aromatic N) is 4. The minimum absolute atomic E-state index is 0.112. The molecule has 1 atom stereocenters. The number of hydrogen-bond acceptors (Lipinski definition) is 7. The van der Waals surface area contributed by atoms with Gasteiger partial charge >= 0.3 is 0 Å². The second-order valence-corrected chi connectivity index (χ2v) is 9.55. The van der Waals surface area contributed by atoms with Gasteiger partial charge in [0.15, 0.2) is 0 Å². The first kappa shape index (κ1) is 21.0. The molecule has 3 aromatic rings. The lowest BCUT2D eigenvalue weighted by atomic mass is 9.86. The second-order valence-electron chi connectivity index (χ2n) is 9.55. The lowest BCUT2D eigenvalue weighted by Gasteiger charge is -2.43. The zero-order valence-electron chi connectivity index (χ0n) is 19.8. The molecule has 1 aromatic carbocycles. The van der Waals surface area contributed by atoms with Gasteiger partial charge in [0, 0.05) is 30.5 Å². The zero-order valence-corrected chi connectivity index (χ0v) is 19.8. The summed E-state index contributed by atoms with van der Waals surface area (Å²) in [4.78, 5) is 12.2. The van der Waals surface area contributed by atoms with Crippen molar-refractivity contribution >= 4 is 28.2 Å². The number of anilines is 3. The highest BCUT2D eigenvalue weighted by Gasteiger charge is 2.41. The van der Waals surface area contributed by atoms with E-state index < -0.39 is 0 Å². The first-order valence-corrected chi connectivity index (χ1v) is 12.5. The van der Waals surface area contributed by atoms with E-state index >= 15 is 0 Å². The Hall–Kier alpha value is -3.53. The highest BCUT2D eigenvalue weighted by Crippen LogP contribution is 2.49. The van der Waals surface area contributed by atoms with Crippen LogP contribution in [0.2, 0.25) is 0 Å². The first-order chi connectivity index (χ1) is 16.7. The highest BCUT2D eigenvalue weighted by molar-refractivity contribution is 6.09. The van der Waals surface area contributed by atoms with Gasteiger partial charge in [0.1, 0.15) is 40.9 Å². The number of rotatable bonds is 4. The minimum Gasteiger partial charge on any atom is -0.469 e. The van der Waals surface area contributed by atoms with Crippen LogP contribution in [-0.4, -0.2) is 28.7 Å². The maximum absolute atomic E-state index is 10.4. The Kier molecular flexibility index (Phi) is 4.98. The van der Waals surface area contributed by atoms with Crippen molar-refractivity contribution in [1.29, 1.82) is 5.26 Å². The van der Waals surface area contributed by atoms with Crippen LogP contribution in [0.5, 0.6) is 5.88 Å². The minimum atomic E-state index is -0.251. The third-order valence-corrected chi connectivity index (χ3v) is 7.60. The molecule has 0 bridgehead atoms. The molecule has 2 aliphatic heterocycles. The SMILES string of the molecule is CCN(CC)c1nc2c3c(nc4c(c3c1C#N)C[C@H](c1ccccc1)O4)NC1(CCCCC1)N2. The molecule has 3 aliphatic rings. The topological polar surface area (TPSA) is 86.1 Å². The van der Waals surface area contributed by atoms with Crippen molar-refractivity contribution in [3.05, 3.63) is 47.0 Å². The van der Waals surface area contributed by atoms with Crippen molar-refractivity contribution in [2.75, 3.05) is 28.6 Å². The Morgan fingerprint density at radius 2 is 1.74 bits per heavy atom. The van der Waals surface area contributed by atoms with Crippen LogP contribution in [0.1, 0.15) is 68.7 Å². The Bertz CT molecular complexity index is 1290. The van der Waals surface area contributed by atoms with E-state index in [9.17, 15) is 5.26 Å². The van der Waals surface area contributed by atoms with E-state index in [0.717, 1.165) is 78.1 Å². The zero-order chi connectivity index (χ0) is 23.3. The van der Waals surface area contributed by atoms with E-state index in [1.54, 1.807) is 0 Å². The number of fused-ring (bicyclic) bond motifs is 2. The molecule has 1 saturated carbocycles. The summed E-state index contributed by atoms with van der Waals surface area (Å²) in [5, 5.41) is 19.7. The molecule has 7 nitrogen and oxygen atoms in total. The number of nitriles is 1. The highest BCUT2D eigenvalue weighted by atomic mass is 16.5. The van der Waals surface area contributed by atoms with E-state index in [-0.39, 0.29) is 11.8 Å². The van der Waals surface area contributed by atoms with Gasteiger partial charge in [-0.1, -0.05) is 36.8 Å². The summed E-state index contributed by atoms with van der Waals surface area (Å²) in [5.41, 5.74) is 2.49. The number of aromatic nitrogens is 2. The third-order valence-electron chi connectivity index (χ3n) is 7.60. The molecule has 6 rings (SSSR count). The van der Waals surface area contributed by atoms with Crippen LogP contribution >= 0.6 is 0 Å². The molecule has 174 valence electrons. The summed E-state index contributed by atoms with van der Waals surface area (Å²) in [6.45, 7) is 5.79. The summed E-state index contributed by atoms with van der Waals surface area (Å²) in [6, 6.07) is 12.8. The van der Waals surface area contributed by atoms with Gasteiger partial charge in [0.25, 0.3) is 0 Å². The summed E-state index contributed by atoms with van der Waals surface area (Å²) in [5.74, 6) is 3.01. The molecule has 2 N–H and O–H groups in total. The molecule has 1 fully saturated rings. The van der Waals surface area contributed by atoms with Gasteiger partial charge in [0.05, 0.1) is 5.39 Å². The number of pyridine rings is 2. The Balaban J connectivity index is 1.59. The van der Waals surface area contributed by atoms with Gasteiger partial charge in [-0.15, -0.1) is 0 Å². The summed E-state index contributed by atoms with van der Waals surface area (Å²) in [7, 11) is 0. The number of hydrogen-bond donors (Lipinski definition) is 2. The summed E-state index contributed by atoms with van der Waals surface area (Å²) < 4.78 is 6.42. The van der Waals surface area contributed by atoms with Crippen LogP contribution in [0.25, 0.3) is 10.8 Å². The largest absolute Gasteiger partial charge is 0.469 e. The fourth-order valence-electron chi connectivity index (χ4n) is 5.87. The lowest BCUT2D eigenvalue weighted by Crippen LogP contribution is -2.50. The number of benzene rings is 1. The van der Waals surface area contributed by atoms with E-state index in [4.69, 9.17) is 14.7 Å². The fourth-order valence-corrected chi connectivity index (χ4v) is 5.87.